The molecule has 1 amide bonds. The maximum absolute atomic E-state index is 12.6. The summed E-state index contributed by atoms with van der Waals surface area (Å²) in [6.45, 7) is 0.0642. The zero-order valence-electron chi connectivity index (χ0n) is 13.2. The Morgan fingerprint density at radius 1 is 1.12 bits per heavy atom. The molecular formula is C18H18F3NO2. The van der Waals surface area contributed by atoms with E-state index in [1.54, 1.807) is 13.2 Å². The minimum absolute atomic E-state index is 0.0642. The number of nitrogens with one attached hydrogen (secondary N) is 1. The van der Waals surface area contributed by atoms with E-state index in [2.05, 4.69) is 5.32 Å². The molecule has 0 radical (unpaired) electrons. The van der Waals surface area contributed by atoms with Crippen LogP contribution in [-0.2, 0) is 23.9 Å². The Bertz CT molecular complexity index is 699. The van der Waals surface area contributed by atoms with E-state index in [4.69, 9.17) is 4.74 Å². The smallest absolute Gasteiger partial charge is 0.416 e. The molecule has 128 valence electrons. The predicted molar refractivity (Wildman–Crippen MR) is 84.6 cm³/mol. The summed E-state index contributed by atoms with van der Waals surface area (Å²) in [7, 11) is 1.56. The SMILES string of the molecule is COc1ccccc1CCC(=O)NCc1cccc(C(F)(F)F)c1. The zero-order valence-corrected chi connectivity index (χ0v) is 13.2. The summed E-state index contributed by atoms with van der Waals surface area (Å²) in [4.78, 5) is 11.9. The molecule has 0 spiro atoms. The van der Waals surface area contributed by atoms with Crippen molar-refractivity contribution in [3.05, 3.63) is 65.2 Å². The molecule has 1 N–H and O–H groups in total. The lowest BCUT2D eigenvalue weighted by Gasteiger charge is -2.10. The highest BCUT2D eigenvalue weighted by molar-refractivity contribution is 5.76. The summed E-state index contributed by atoms with van der Waals surface area (Å²) in [5.41, 5.74) is 0.605. The largest absolute Gasteiger partial charge is 0.496 e. The number of methoxy groups -OCH3 is 1. The number of carbonyl (C=O) groups excluding carboxylic acids is 1. The number of hydrogen-bond donors (Lipinski definition) is 1. The summed E-state index contributed by atoms with van der Waals surface area (Å²) in [6.07, 6.45) is -3.65. The van der Waals surface area contributed by atoms with Crippen molar-refractivity contribution >= 4 is 5.91 Å². The van der Waals surface area contributed by atoms with Gasteiger partial charge in [-0.15, -0.1) is 0 Å². The van der Waals surface area contributed by atoms with Crippen molar-refractivity contribution in [1.29, 1.82) is 0 Å². The first-order chi connectivity index (χ1) is 11.4. The van der Waals surface area contributed by atoms with Gasteiger partial charge in [0.15, 0.2) is 0 Å². The van der Waals surface area contributed by atoms with Gasteiger partial charge in [-0.05, 0) is 35.7 Å². The summed E-state index contributed by atoms with van der Waals surface area (Å²) in [5.74, 6) is 0.487. The highest BCUT2D eigenvalue weighted by atomic mass is 19.4. The number of benzene rings is 2. The van der Waals surface area contributed by atoms with Crippen LogP contribution in [0.15, 0.2) is 48.5 Å². The molecule has 0 aromatic heterocycles. The molecule has 0 aliphatic rings. The molecule has 0 heterocycles. The summed E-state index contributed by atoms with van der Waals surface area (Å²) in [6, 6.07) is 12.3. The molecule has 0 aliphatic heterocycles. The topological polar surface area (TPSA) is 38.3 Å². The second kappa shape index (κ2) is 7.86. The van der Waals surface area contributed by atoms with E-state index in [-0.39, 0.29) is 18.9 Å². The first kappa shape index (κ1) is 17.8. The number of alkyl halides is 3. The fourth-order valence-electron chi connectivity index (χ4n) is 2.30. The third-order valence-electron chi connectivity index (χ3n) is 3.56. The highest BCUT2D eigenvalue weighted by Crippen LogP contribution is 2.29. The van der Waals surface area contributed by atoms with Gasteiger partial charge in [0, 0.05) is 13.0 Å². The molecule has 0 saturated heterocycles. The van der Waals surface area contributed by atoms with E-state index in [9.17, 15) is 18.0 Å². The van der Waals surface area contributed by atoms with E-state index >= 15 is 0 Å². The molecule has 3 nitrogen and oxygen atoms in total. The zero-order chi connectivity index (χ0) is 17.6. The van der Waals surface area contributed by atoms with Gasteiger partial charge in [0.1, 0.15) is 5.75 Å². The van der Waals surface area contributed by atoms with Gasteiger partial charge < -0.3 is 10.1 Å². The molecule has 6 heteroatoms. The van der Waals surface area contributed by atoms with Gasteiger partial charge in [-0.2, -0.15) is 13.2 Å². The van der Waals surface area contributed by atoms with Crippen LogP contribution < -0.4 is 10.1 Å². The molecule has 0 saturated carbocycles. The van der Waals surface area contributed by atoms with Crippen LogP contribution in [0.25, 0.3) is 0 Å². The summed E-state index contributed by atoms with van der Waals surface area (Å²) in [5, 5.41) is 2.64. The molecule has 2 aromatic carbocycles. The van der Waals surface area contributed by atoms with Gasteiger partial charge >= 0.3 is 6.18 Å². The second-order valence-corrected chi connectivity index (χ2v) is 5.29. The number of hydrogen-bond acceptors (Lipinski definition) is 2. The Labute approximate surface area is 138 Å². The van der Waals surface area contributed by atoms with Gasteiger partial charge in [-0.1, -0.05) is 30.3 Å². The Kier molecular flexibility index (Phi) is 5.84. The van der Waals surface area contributed by atoms with Crippen molar-refractivity contribution < 1.29 is 22.7 Å². The van der Waals surface area contributed by atoms with Crippen molar-refractivity contribution in [3.8, 4) is 5.75 Å². The summed E-state index contributed by atoms with van der Waals surface area (Å²) >= 11 is 0. The molecule has 24 heavy (non-hydrogen) atoms. The fraction of sp³-hybridized carbons (Fsp3) is 0.278. The maximum Gasteiger partial charge on any atom is 0.416 e. The first-order valence-corrected chi connectivity index (χ1v) is 7.45. The van der Waals surface area contributed by atoms with E-state index < -0.39 is 11.7 Å². The van der Waals surface area contributed by atoms with Crippen molar-refractivity contribution in [3.63, 3.8) is 0 Å². The van der Waals surface area contributed by atoms with E-state index in [1.165, 1.54) is 6.07 Å². The highest BCUT2D eigenvalue weighted by Gasteiger charge is 2.30. The lowest BCUT2D eigenvalue weighted by atomic mass is 10.1. The van der Waals surface area contributed by atoms with Crippen LogP contribution >= 0.6 is 0 Å². The van der Waals surface area contributed by atoms with Gasteiger partial charge in [-0.25, -0.2) is 0 Å². The molecule has 0 unspecified atom stereocenters. The monoisotopic (exact) mass is 337 g/mol. The van der Waals surface area contributed by atoms with Crippen molar-refractivity contribution in [2.24, 2.45) is 0 Å². The standard InChI is InChI=1S/C18H18F3NO2/c1-24-16-8-3-2-6-14(16)9-10-17(23)22-12-13-5-4-7-15(11-13)18(19,20)21/h2-8,11H,9-10,12H2,1H3,(H,22,23). The second-order valence-electron chi connectivity index (χ2n) is 5.29. The maximum atomic E-state index is 12.6. The van der Waals surface area contributed by atoms with Crippen LogP contribution in [0.4, 0.5) is 13.2 Å². The minimum Gasteiger partial charge on any atom is -0.496 e. The van der Waals surface area contributed by atoms with Crippen molar-refractivity contribution in [2.45, 2.75) is 25.6 Å². The Morgan fingerprint density at radius 2 is 1.88 bits per heavy atom. The Balaban J connectivity index is 1.87. The Hall–Kier alpha value is -2.50. The third kappa shape index (κ3) is 5.01. The lowest BCUT2D eigenvalue weighted by molar-refractivity contribution is -0.137. The lowest BCUT2D eigenvalue weighted by Crippen LogP contribution is -2.23. The molecule has 0 aliphatic carbocycles. The predicted octanol–water partition coefficient (Wildman–Crippen LogP) is 3.96. The van der Waals surface area contributed by atoms with Crippen LogP contribution in [0.1, 0.15) is 23.1 Å². The fourth-order valence-corrected chi connectivity index (χ4v) is 2.30. The number of amides is 1. The molecule has 2 aromatic rings. The van der Waals surface area contributed by atoms with Crippen LogP contribution in [0.2, 0.25) is 0 Å². The molecule has 0 bridgehead atoms. The average molecular weight is 337 g/mol. The molecule has 0 atom stereocenters. The van der Waals surface area contributed by atoms with Gasteiger partial charge in [0.05, 0.1) is 12.7 Å². The van der Waals surface area contributed by atoms with E-state index in [1.807, 2.05) is 24.3 Å². The van der Waals surface area contributed by atoms with Gasteiger partial charge in [0.25, 0.3) is 0 Å². The van der Waals surface area contributed by atoms with Crippen LogP contribution in [-0.4, -0.2) is 13.0 Å². The number of para-hydroxylation sites is 1. The first-order valence-electron chi connectivity index (χ1n) is 7.45. The summed E-state index contributed by atoms with van der Waals surface area (Å²) < 4.78 is 43.2. The number of ether oxygens (including phenoxy) is 1. The van der Waals surface area contributed by atoms with Crippen LogP contribution in [0, 0.1) is 0 Å². The average Bonchev–Trinajstić information content (AvgIpc) is 2.58. The van der Waals surface area contributed by atoms with Crippen LogP contribution in [0.3, 0.4) is 0 Å². The van der Waals surface area contributed by atoms with Gasteiger partial charge in [-0.3, -0.25) is 4.79 Å². The molecular weight excluding hydrogens is 319 g/mol. The van der Waals surface area contributed by atoms with E-state index in [0.717, 1.165) is 17.7 Å². The Morgan fingerprint density at radius 3 is 2.58 bits per heavy atom. The van der Waals surface area contributed by atoms with Crippen LogP contribution in [0.5, 0.6) is 5.75 Å². The third-order valence-corrected chi connectivity index (χ3v) is 3.56. The normalized spacial score (nSPS) is 11.2. The number of halogens is 3. The van der Waals surface area contributed by atoms with Crippen molar-refractivity contribution in [2.75, 3.05) is 7.11 Å². The van der Waals surface area contributed by atoms with Crippen molar-refractivity contribution in [1.82, 2.24) is 5.32 Å². The number of aryl methyl sites for hydroxylation is 1. The number of rotatable bonds is 6. The number of carbonyl (C=O) groups is 1. The van der Waals surface area contributed by atoms with Gasteiger partial charge in [0.2, 0.25) is 5.91 Å². The molecule has 0 fully saturated rings. The van der Waals surface area contributed by atoms with E-state index in [0.29, 0.717) is 17.7 Å². The molecule has 2 rings (SSSR count). The minimum atomic E-state index is -4.39. The quantitative estimate of drug-likeness (QED) is 0.866.